The number of nitrogens with two attached hydrogens (primary N) is 1. The Kier molecular flexibility index (Phi) is 4.10. The van der Waals surface area contributed by atoms with Crippen molar-refractivity contribution >= 4 is 49.3 Å². The maximum Gasteiger partial charge on any atom is 0.239 e. The van der Waals surface area contributed by atoms with E-state index in [4.69, 9.17) is 5.84 Å². The Hall–Kier alpha value is -1.25. The van der Waals surface area contributed by atoms with E-state index in [1.54, 1.807) is 12.3 Å². The van der Waals surface area contributed by atoms with Crippen molar-refractivity contribution < 1.29 is 4.39 Å². The summed E-state index contributed by atoms with van der Waals surface area (Å²) in [5.74, 6) is 5.71. The van der Waals surface area contributed by atoms with E-state index in [-0.39, 0.29) is 11.8 Å². The van der Waals surface area contributed by atoms with Gasteiger partial charge in [-0.3, -0.25) is 5.43 Å². The Morgan fingerprint density at radius 2 is 2.00 bits per heavy atom. The first kappa shape index (κ1) is 13.2. The molecule has 0 spiro atoms. The lowest BCUT2D eigenvalue weighted by molar-refractivity contribution is 0.627. The van der Waals surface area contributed by atoms with Gasteiger partial charge in [0.15, 0.2) is 0 Å². The molecule has 0 amide bonds. The molecule has 8 heteroatoms. The number of nitrogens with zero attached hydrogens (tertiary/aromatic N) is 2. The predicted octanol–water partition coefficient (Wildman–Crippen LogP) is 3.17. The molecule has 0 fully saturated rings. The molecule has 94 valence electrons. The van der Waals surface area contributed by atoms with Crippen LogP contribution in [0.5, 0.6) is 0 Å². The zero-order valence-electron chi connectivity index (χ0n) is 8.92. The topological polar surface area (TPSA) is 75.9 Å². The number of nitrogens with one attached hydrogen (secondary N) is 2. The molecule has 0 atom stereocenters. The van der Waals surface area contributed by atoms with E-state index in [0.717, 1.165) is 0 Å². The number of anilines is 3. The number of benzene rings is 1. The van der Waals surface area contributed by atoms with Gasteiger partial charge in [-0.15, -0.1) is 0 Å². The summed E-state index contributed by atoms with van der Waals surface area (Å²) in [7, 11) is 0. The van der Waals surface area contributed by atoms with Crippen LogP contribution < -0.4 is 16.6 Å². The maximum atomic E-state index is 13.0. The zero-order chi connectivity index (χ0) is 13.1. The average Bonchev–Trinajstić information content (AvgIpc) is 2.35. The van der Waals surface area contributed by atoms with Gasteiger partial charge in [0.2, 0.25) is 5.95 Å². The monoisotopic (exact) mass is 375 g/mol. The van der Waals surface area contributed by atoms with Gasteiger partial charge in [0.05, 0.1) is 10.2 Å². The fourth-order valence-electron chi connectivity index (χ4n) is 1.24. The van der Waals surface area contributed by atoms with Crippen LogP contribution in [0.3, 0.4) is 0 Å². The molecule has 0 unspecified atom stereocenters. The second-order valence-corrected chi connectivity index (χ2v) is 4.99. The predicted molar refractivity (Wildman–Crippen MR) is 74.9 cm³/mol. The molecule has 1 aromatic heterocycles. The van der Waals surface area contributed by atoms with Crippen LogP contribution in [0, 0.1) is 5.82 Å². The minimum atomic E-state index is -0.321. The lowest BCUT2D eigenvalue weighted by Gasteiger charge is -2.10. The largest absolute Gasteiger partial charge is 0.338 e. The second kappa shape index (κ2) is 5.59. The molecule has 0 radical (unpaired) electrons. The van der Waals surface area contributed by atoms with Gasteiger partial charge in [0.25, 0.3) is 0 Å². The molecule has 18 heavy (non-hydrogen) atoms. The van der Waals surface area contributed by atoms with Crippen LogP contribution in [0.4, 0.5) is 21.8 Å². The molecule has 1 heterocycles. The summed E-state index contributed by atoms with van der Waals surface area (Å²) in [6, 6.07) is 4.31. The van der Waals surface area contributed by atoms with Crippen molar-refractivity contribution in [1.82, 2.24) is 9.97 Å². The third-order valence-corrected chi connectivity index (χ3v) is 3.29. The highest BCUT2D eigenvalue weighted by atomic mass is 79.9. The van der Waals surface area contributed by atoms with Crippen LogP contribution >= 0.6 is 31.9 Å². The van der Waals surface area contributed by atoms with E-state index in [0.29, 0.717) is 20.5 Å². The molecule has 4 N–H and O–H groups in total. The molecule has 0 saturated carbocycles. The van der Waals surface area contributed by atoms with Crippen LogP contribution in [0.25, 0.3) is 0 Å². The Labute approximate surface area is 119 Å². The Morgan fingerprint density at radius 1 is 1.22 bits per heavy atom. The molecule has 2 rings (SSSR count). The maximum absolute atomic E-state index is 13.0. The second-order valence-electron chi connectivity index (χ2n) is 3.28. The Bertz CT molecular complexity index is 578. The summed E-state index contributed by atoms with van der Waals surface area (Å²) in [4.78, 5) is 8.06. The molecule has 0 saturated heterocycles. The van der Waals surface area contributed by atoms with Crippen LogP contribution in [0.15, 0.2) is 33.3 Å². The molecule has 0 aliphatic heterocycles. The highest BCUT2D eigenvalue weighted by Gasteiger charge is 2.07. The Morgan fingerprint density at radius 3 is 2.67 bits per heavy atom. The molecule has 0 aliphatic rings. The quantitative estimate of drug-likeness (QED) is 0.566. The van der Waals surface area contributed by atoms with Gasteiger partial charge in [-0.1, -0.05) is 0 Å². The third-order valence-electron chi connectivity index (χ3n) is 2.06. The summed E-state index contributed by atoms with van der Waals surface area (Å²) >= 11 is 6.57. The molecular formula is C10H8Br2FN5. The van der Waals surface area contributed by atoms with Gasteiger partial charge >= 0.3 is 0 Å². The Balaban J connectivity index is 2.33. The molecule has 0 aliphatic carbocycles. The molecule has 2 aromatic rings. The van der Waals surface area contributed by atoms with E-state index in [2.05, 4.69) is 52.6 Å². The third kappa shape index (κ3) is 2.95. The molecule has 5 nitrogen and oxygen atoms in total. The van der Waals surface area contributed by atoms with Crippen LogP contribution in [-0.4, -0.2) is 9.97 Å². The minimum Gasteiger partial charge on any atom is -0.338 e. The van der Waals surface area contributed by atoms with E-state index in [1.807, 2.05) is 0 Å². The van der Waals surface area contributed by atoms with Crippen molar-refractivity contribution in [2.24, 2.45) is 5.84 Å². The van der Waals surface area contributed by atoms with Crippen molar-refractivity contribution in [3.63, 3.8) is 0 Å². The number of hydrogen-bond donors (Lipinski definition) is 3. The molecule has 0 bridgehead atoms. The van der Waals surface area contributed by atoms with Crippen molar-refractivity contribution in [3.8, 4) is 0 Å². The van der Waals surface area contributed by atoms with Gasteiger partial charge in [-0.25, -0.2) is 15.2 Å². The van der Waals surface area contributed by atoms with E-state index < -0.39 is 0 Å². The van der Waals surface area contributed by atoms with E-state index in [9.17, 15) is 4.39 Å². The van der Waals surface area contributed by atoms with Gasteiger partial charge in [0, 0.05) is 10.7 Å². The summed E-state index contributed by atoms with van der Waals surface area (Å²) < 4.78 is 14.2. The number of halogens is 3. The van der Waals surface area contributed by atoms with Crippen molar-refractivity contribution in [2.45, 2.75) is 0 Å². The average molecular weight is 377 g/mol. The fourth-order valence-corrected chi connectivity index (χ4v) is 1.98. The van der Waals surface area contributed by atoms with Gasteiger partial charge in [0.1, 0.15) is 11.6 Å². The zero-order valence-corrected chi connectivity index (χ0v) is 12.1. The fraction of sp³-hybridized carbons (Fsp3) is 0. The summed E-state index contributed by atoms with van der Waals surface area (Å²) in [5.41, 5.74) is 3.03. The lowest BCUT2D eigenvalue weighted by atomic mass is 10.3. The van der Waals surface area contributed by atoms with Crippen LogP contribution in [-0.2, 0) is 0 Å². The number of hydrazine groups is 1. The number of nitrogen functional groups attached to an aromatic ring is 1. The van der Waals surface area contributed by atoms with E-state index in [1.165, 1.54) is 12.1 Å². The first-order chi connectivity index (χ1) is 8.60. The van der Waals surface area contributed by atoms with E-state index >= 15 is 0 Å². The molecular weight excluding hydrogens is 369 g/mol. The number of hydrogen-bond acceptors (Lipinski definition) is 5. The van der Waals surface area contributed by atoms with Gasteiger partial charge in [-0.2, -0.15) is 4.98 Å². The normalized spacial score (nSPS) is 10.2. The van der Waals surface area contributed by atoms with Crippen LogP contribution in [0.1, 0.15) is 0 Å². The van der Waals surface area contributed by atoms with Gasteiger partial charge < -0.3 is 5.32 Å². The van der Waals surface area contributed by atoms with Crippen molar-refractivity contribution in [3.05, 3.63) is 39.2 Å². The highest BCUT2D eigenvalue weighted by Crippen LogP contribution is 2.29. The smallest absolute Gasteiger partial charge is 0.239 e. The lowest BCUT2D eigenvalue weighted by Crippen LogP contribution is -2.11. The number of aromatic nitrogens is 2. The van der Waals surface area contributed by atoms with Crippen molar-refractivity contribution in [2.75, 3.05) is 10.7 Å². The molecule has 1 aromatic carbocycles. The van der Waals surface area contributed by atoms with Crippen molar-refractivity contribution in [1.29, 1.82) is 0 Å². The first-order valence-corrected chi connectivity index (χ1v) is 6.40. The number of rotatable bonds is 3. The summed E-state index contributed by atoms with van der Waals surface area (Å²) in [6.45, 7) is 0. The first-order valence-electron chi connectivity index (χ1n) is 4.81. The highest BCUT2D eigenvalue weighted by molar-refractivity contribution is 9.11. The summed E-state index contributed by atoms with van der Waals surface area (Å²) in [5, 5.41) is 3.04. The standard InChI is InChI=1S/C10H8Br2FN5/c11-6-3-5(13)1-2-8(6)16-9-7(12)4-15-10(17-9)18-14/h1-4H,14H2,(H2,15,16,17,18). The SMILES string of the molecule is NNc1ncc(Br)c(Nc2ccc(F)cc2Br)n1. The minimum absolute atomic E-state index is 0.277. The van der Waals surface area contributed by atoms with Crippen LogP contribution in [0.2, 0.25) is 0 Å². The summed E-state index contributed by atoms with van der Waals surface area (Å²) in [6.07, 6.45) is 1.56. The van der Waals surface area contributed by atoms with Gasteiger partial charge in [-0.05, 0) is 50.1 Å².